The average Bonchev–Trinajstić information content (AvgIpc) is 2.79. The zero-order valence-electron chi connectivity index (χ0n) is 16.6. The molecule has 0 saturated heterocycles. The van der Waals surface area contributed by atoms with Crippen LogP contribution in [0.2, 0.25) is 0 Å². The van der Waals surface area contributed by atoms with Crippen molar-refractivity contribution >= 4 is 12.2 Å². The van der Waals surface area contributed by atoms with Crippen molar-refractivity contribution in [3.8, 4) is 11.1 Å². The molecule has 3 heteroatoms. The number of aldehydes is 1. The van der Waals surface area contributed by atoms with Crippen LogP contribution in [0, 0.1) is 0 Å². The molecule has 0 heterocycles. The van der Waals surface area contributed by atoms with Gasteiger partial charge in [-0.1, -0.05) is 79.6 Å². The van der Waals surface area contributed by atoms with E-state index in [1.165, 1.54) is 11.1 Å². The molecule has 0 fully saturated rings. The molecule has 148 valence electrons. The minimum atomic E-state index is 0.00332. The minimum Gasteiger partial charge on any atom is -0.352 e. The quantitative estimate of drug-likeness (QED) is 0.359. The molecule has 0 saturated carbocycles. The van der Waals surface area contributed by atoms with Gasteiger partial charge in [-0.2, -0.15) is 0 Å². The molecule has 3 rings (SSSR count). The summed E-state index contributed by atoms with van der Waals surface area (Å²) in [5.41, 5.74) is 5.06. The average molecular weight is 386 g/mol. The van der Waals surface area contributed by atoms with Gasteiger partial charge in [0.1, 0.15) is 6.29 Å². The number of hydrogen-bond donors (Lipinski definition) is 1. The molecule has 3 nitrogen and oxygen atoms in total. The van der Waals surface area contributed by atoms with Crippen LogP contribution in [-0.4, -0.2) is 18.7 Å². The summed E-state index contributed by atoms with van der Waals surface area (Å²) in [5.74, 6) is 0.00332. The van der Waals surface area contributed by atoms with Gasteiger partial charge >= 0.3 is 0 Å². The number of hydrogen-bond acceptors (Lipinski definition) is 2. The predicted molar refractivity (Wildman–Crippen MR) is 118 cm³/mol. The van der Waals surface area contributed by atoms with Crippen molar-refractivity contribution in [3.63, 3.8) is 0 Å². The van der Waals surface area contributed by atoms with Crippen LogP contribution in [0.1, 0.15) is 52.0 Å². The van der Waals surface area contributed by atoms with Crippen molar-refractivity contribution in [3.05, 3.63) is 95.6 Å². The first-order chi connectivity index (χ1) is 14.3. The van der Waals surface area contributed by atoms with E-state index >= 15 is 0 Å². The molecule has 0 bridgehead atoms. The molecule has 0 unspecified atom stereocenters. The highest BCUT2D eigenvalue weighted by Gasteiger charge is 2.03. The minimum absolute atomic E-state index is 0.00332. The van der Waals surface area contributed by atoms with Crippen LogP contribution >= 0.6 is 0 Å². The van der Waals surface area contributed by atoms with E-state index < -0.39 is 0 Å². The summed E-state index contributed by atoms with van der Waals surface area (Å²) in [6.45, 7) is 0.722. The lowest BCUT2D eigenvalue weighted by atomic mass is 9.99. The SMILES string of the molecule is O=Cc1ccc(-c2cccc(CCCCCCNC(=O)c3ccccc3)c2)cc1. The topological polar surface area (TPSA) is 46.2 Å². The number of aryl methyl sites for hydroxylation is 1. The highest BCUT2D eigenvalue weighted by molar-refractivity contribution is 5.94. The number of rotatable bonds is 10. The van der Waals surface area contributed by atoms with Gasteiger partial charge in [-0.3, -0.25) is 9.59 Å². The fourth-order valence-electron chi connectivity index (χ4n) is 3.36. The van der Waals surface area contributed by atoms with E-state index in [1.54, 1.807) is 0 Å². The van der Waals surface area contributed by atoms with Gasteiger partial charge < -0.3 is 5.32 Å². The highest BCUT2D eigenvalue weighted by Crippen LogP contribution is 2.21. The first-order valence-electron chi connectivity index (χ1n) is 10.2. The third-order valence-electron chi connectivity index (χ3n) is 5.02. The maximum Gasteiger partial charge on any atom is 0.251 e. The van der Waals surface area contributed by atoms with E-state index in [1.807, 2.05) is 54.6 Å². The monoisotopic (exact) mass is 385 g/mol. The molecule has 0 aliphatic rings. The third-order valence-corrected chi connectivity index (χ3v) is 5.02. The lowest BCUT2D eigenvalue weighted by Crippen LogP contribution is -2.24. The summed E-state index contributed by atoms with van der Waals surface area (Å²) < 4.78 is 0. The van der Waals surface area contributed by atoms with Gasteiger partial charge in [-0.15, -0.1) is 0 Å². The molecule has 0 aliphatic carbocycles. The Hall–Kier alpha value is -3.20. The molecule has 0 atom stereocenters. The molecular formula is C26H27NO2. The van der Waals surface area contributed by atoms with Gasteiger partial charge in [0.25, 0.3) is 5.91 Å². The molecule has 3 aromatic rings. The molecule has 3 aromatic carbocycles. The first-order valence-corrected chi connectivity index (χ1v) is 10.2. The Morgan fingerprint density at radius 1 is 0.759 bits per heavy atom. The van der Waals surface area contributed by atoms with E-state index in [0.717, 1.165) is 50.5 Å². The van der Waals surface area contributed by atoms with Gasteiger partial charge in [-0.25, -0.2) is 0 Å². The molecule has 0 spiro atoms. The van der Waals surface area contributed by atoms with Crippen LogP contribution in [0.5, 0.6) is 0 Å². The molecule has 0 radical (unpaired) electrons. The summed E-state index contributed by atoms with van der Waals surface area (Å²) in [5, 5.41) is 2.98. The van der Waals surface area contributed by atoms with Gasteiger partial charge in [0.05, 0.1) is 0 Å². The zero-order valence-corrected chi connectivity index (χ0v) is 16.6. The standard InChI is InChI=1S/C26H27NO2/c28-20-22-14-16-23(17-15-22)25-13-8-10-21(19-25)9-4-1-2-7-18-27-26(29)24-11-5-3-6-12-24/h3,5-6,8,10-17,19-20H,1-2,4,7,9,18H2,(H,27,29). The van der Waals surface area contributed by atoms with Crippen molar-refractivity contribution in [2.24, 2.45) is 0 Å². The largest absolute Gasteiger partial charge is 0.352 e. The fourth-order valence-corrected chi connectivity index (χ4v) is 3.36. The van der Waals surface area contributed by atoms with Gasteiger partial charge in [0, 0.05) is 17.7 Å². The maximum atomic E-state index is 12.0. The number of unbranched alkanes of at least 4 members (excludes halogenated alkanes) is 3. The number of amides is 1. The highest BCUT2D eigenvalue weighted by atomic mass is 16.1. The van der Waals surface area contributed by atoms with Crippen LogP contribution in [-0.2, 0) is 6.42 Å². The smallest absolute Gasteiger partial charge is 0.251 e. The number of carbonyl (C=O) groups is 2. The van der Waals surface area contributed by atoms with Gasteiger partial charge in [0.2, 0.25) is 0 Å². The van der Waals surface area contributed by atoms with E-state index in [9.17, 15) is 9.59 Å². The van der Waals surface area contributed by atoms with Crippen molar-refractivity contribution < 1.29 is 9.59 Å². The van der Waals surface area contributed by atoms with Crippen LogP contribution in [0.3, 0.4) is 0 Å². The zero-order chi connectivity index (χ0) is 20.3. The second kappa shape index (κ2) is 11.0. The van der Waals surface area contributed by atoms with Gasteiger partial charge in [-0.05, 0) is 48.1 Å². The lowest BCUT2D eigenvalue weighted by Gasteiger charge is -2.07. The molecular weight excluding hydrogens is 358 g/mol. The van der Waals surface area contributed by atoms with E-state index in [-0.39, 0.29) is 5.91 Å². The normalized spacial score (nSPS) is 10.5. The summed E-state index contributed by atoms with van der Waals surface area (Å²) >= 11 is 0. The van der Waals surface area contributed by atoms with Crippen LogP contribution in [0.4, 0.5) is 0 Å². The summed E-state index contributed by atoms with van der Waals surface area (Å²) in [7, 11) is 0. The maximum absolute atomic E-state index is 12.0. The number of benzene rings is 3. The van der Waals surface area contributed by atoms with Crippen LogP contribution < -0.4 is 5.32 Å². The summed E-state index contributed by atoms with van der Waals surface area (Å²) in [6, 6.07) is 25.6. The van der Waals surface area contributed by atoms with E-state index in [2.05, 4.69) is 29.6 Å². The second-order valence-corrected chi connectivity index (χ2v) is 7.23. The van der Waals surface area contributed by atoms with Crippen molar-refractivity contribution in [1.82, 2.24) is 5.32 Å². The second-order valence-electron chi connectivity index (χ2n) is 7.23. The summed E-state index contributed by atoms with van der Waals surface area (Å²) in [6.07, 6.45) is 6.33. The number of carbonyl (C=O) groups excluding carboxylic acids is 2. The molecule has 29 heavy (non-hydrogen) atoms. The first kappa shape index (κ1) is 20.5. The molecule has 0 aliphatic heterocycles. The molecule has 0 aromatic heterocycles. The van der Waals surface area contributed by atoms with E-state index in [0.29, 0.717) is 11.1 Å². The predicted octanol–water partition coefficient (Wildman–Crippen LogP) is 5.70. The Kier molecular flexibility index (Phi) is 7.76. The van der Waals surface area contributed by atoms with Crippen molar-refractivity contribution in [2.45, 2.75) is 32.1 Å². The Morgan fingerprint density at radius 2 is 1.52 bits per heavy atom. The fraction of sp³-hybridized carbons (Fsp3) is 0.231. The van der Waals surface area contributed by atoms with E-state index in [4.69, 9.17) is 0 Å². The van der Waals surface area contributed by atoms with Crippen LogP contribution in [0.15, 0.2) is 78.9 Å². The molecule has 1 N–H and O–H groups in total. The van der Waals surface area contributed by atoms with Crippen molar-refractivity contribution in [1.29, 1.82) is 0 Å². The number of nitrogens with one attached hydrogen (secondary N) is 1. The van der Waals surface area contributed by atoms with Crippen LogP contribution in [0.25, 0.3) is 11.1 Å². The summed E-state index contributed by atoms with van der Waals surface area (Å²) in [4.78, 5) is 22.8. The Labute approximate surface area is 172 Å². The Bertz CT molecular complexity index is 917. The Balaban J connectivity index is 1.36. The van der Waals surface area contributed by atoms with Crippen molar-refractivity contribution in [2.75, 3.05) is 6.54 Å². The Morgan fingerprint density at radius 3 is 2.28 bits per heavy atom. The lowest BCUT2D eigenvalue weighted by molar-refractivity contribution is 0.0952. The van der Waals surface area contributed by atoms with Gasteiger partial charge in [0.15, 0.2) is 0 Å². The third kappa shape index (κ3) is 6.42. The molecule has 1 amide bonds.